The van der Waals surface area contributed by atoms with E-state index >= 15 is 0 Å². The van der Waals surface area contributed by atoms with E-state index in [4.69, 9.17) is 5.11 Å². The van der Waals surface area contributed by atoms with Crippen molar-refractivity contribution in [2.75, 3.05) is 45.9 Å². The van der Waals surface area contributed by atoms with Gasteiger partial charge in [-0.1, -0.05) is 20.8 Å². The smallest absolute Gasteiger partial charge is 0.0443 e. The van der Waals surface area contributed by atoms with E-state index < -0.39 is 0 Å². The number of hydrogen-bond acceptors (Lipinski definition) is 3. The highest BCUT2D eigenvalue weighted by atomic mass is 16.3. The van der Waals surface area contributed by atoms with Crippen LogP contribution in [0.1, 0.15) is 33.6 Å². The monoisotopic (exact) mass is 228 g/mol. The van der Waals surface area contributed by atoms with E-state index in [9.17, 15) is 0 Å². The third-order valence-corrected chi connectivity index (χ3v) is 3.28. The minimum Gasteiger partial charge on any atom is -0.396 e. The Morgan fingerprint density at radius 3 is 1.88 bits per heavy atom. The molecule has 1 heterocycles. The highest BCUT2D eigenvalue weighted by molar-refractivity contribution is 4.73. The molecule has 16 heavy (non-hydrogen) atoms. The maximum Gasteiger partial charge on any atom is 0.0443 e. The quantitative estimate of drug-likeness (QED) is 0.771. The third-order valence-electron chi connectivity index (χ3n) is 3.28. The second-order valence-electron chi connectivity index (χ2n) is 6.07. The number of nitrogens with zero attached hydrogens (tertiary/aromatic N) is 2. The van der Waals surface area contributed by atoms with Crippen molar-refractivity contribution in [2.24, 2.45) is 5.41 Å². The van der Waals surface area contributed by atoms with Crippen molar-refractivity contribution in [3.8, 4) is 0 Å². The summed E-state index contributed by atoms with van der Waals surface area (Å²) in [4.78, 5) is 5.03. The summed E-state index contributed by atoms with van der Waals surface area (Å²) >= 11 is 0. The molecular formula is C13H28N2O. The minimum atomic E-state index is 0.324. The molecule has 0 amide bonds. The molecule has 96 valence electrons. The molecule has 0 saturated carbocycles. The van der Waals surface area contributed by atoms with Crippen molar-refractivity contribution in [1.29, 1.82) is 0 Å². The molecule has 0 aromatic heterocycles. The van der Waals surface area contributed by atoms with Crippen LogP contribution in [0.5, 0.6) is 0 Å². The molecular weight excluding hydrogens is 200 g/mol. The average Bonchev–Trinajstić information content (AvgIpc) is 2.24. The van der Waals surface area contributed by atoms with Crippen LogP contribution in [-0.2, 0) is 0 Å². The number of aliphatic hydroxyl groups excluding tert-OH is 1. The SMILES string of the molecule is CC(C)(C)CCN1CCN(CCCO)CC1. The highest BCUT2D eigenvalue weighted by Crippen LogP contribution is 2.19. The molecule has 1 aliphatic rings. The first-order valence-electron chi connectivity index (χ1n) is 6.57. The Morgan fingerprint density at radius 1 is 0.938 bits per heavy atom. The lowest BCUT2D eigenvalue weighted by Gasteiger charge is -2.35. The molecule has 1 fully saturated rings. The highest BCUT2D eigenvalue weighted by Gasteiger charge is 2.18. The maximum absolute atomic E-state index is 8.79. The summed E-state index contributed by atoms with van der Waals surface area (Å²) in [5, 5.41) is 8.79. The van der Waals surface area contributed by atoms with Gasteiger partial charge in [-0.15, -0.1) is 0 Å². The van der Waals surface area contributed by atoms with Crippen LogP contribution in [0, 0.1) is 5.41 Å². The molecule has 3 heteroatoms. The fraction of sp³-hybridized carbons (Fsp3) is 1.00. The van der Waals surface area contributed by atoms with Crippen molar-refractivity contribution in [3.63, 3.8) is 0 Å². The molecule has 1 N–H and O–H groups in total. The largest absolute Gasteiger partial charge is 0.396 e. The minimum absolute atomic E-state index is 0.324. The number of aliphatic hydroxyl groups is 1. The Balaban J connectivity index is 2.12. The van der Waals surface area contributed by atoms with Gasteiger partial charge in [0.25, 0.3) is 0 Å². The van der Waals surface area contributed by atoms with Crippen LogP contribution in [-0.4, -0.2) is 60.8 Å². The molecule has 0 radical (unpaired) electrons. The van der Waals surface area contributed by atoms with E-state index in [0.717, 1.165) is 13.0 Å². The molecule has 0 bridgehead atoms. The summed E-state index contributed by atoms with van der Waals surface area (Å²) in [6.45, 7) is 14.3. The fourth-order valence-corrected chi connectivity index (χ4v) is 2.02. The predicted molar refractivity (Wildman–Crippen MR) is 68.7 cm³/mol. The maximum atomic E-state index is 8.79. The van der Waals surface area contributed by atoms with Crippen LogP contribution in [0.15, 0.2) is 0 Å². The van der Waals surface area contributed by atoms with Gasteiger partial charge in [0.2, 0.25) is 0 Å². The summed E-state index contributed by atoms with van der Waals surface area (Å²) in [5.74, 6) is 0. The van der Waals surface area contributed by atoms with Crippen LogP contribution in [0.25, 0.3) is 0 Å². The Hall–Kier alpha value is -0.120. The Morgan fingerprint density at radius 2 is 1.44 bits per heavy atom. The van der Waals surface area contributed by atoms with E-state index in [0.29, 0.717) is 12.0 Å². The van der Waals surface area contributed by atoms with Crippen LogP contribution in [0.2, 0.25) is 0 Å². The van der Waals surface area contributed by atoms with Crippen molar-refractivity contribution in [2.45, 2.75) is 33.6 Å². The average molecular weight is 228 g/mol. The molecule has 0 aromatic carbocycles. The van der Waals surface area contributed by atoms with Crippen molar-refractivity contribution >= 4 is 0 Å². The molecule has 0 spiro atoms. The van der Waals surface area contributed by atoms with Gasteiger partial charge in [-0.05, 0) is 24.8 Å². The van der Waals surface area contributed by atoms with Gasteiger partial charge >= 0.3 is 0 Å². The summed E-state index contributed by atoms with van der Waals surface area (Å²) < 4.78 is 0. The fourth-order valence-electron chi connectivity index (χ4n) is 2.02. The normalized spacial score (nSPS) is 20.2. The van der Waals surface area contributed by atoms with Gasteiger partial charge in [-0.3, -0.25) is 0 Å². The second kappa shape index (κ2) is 6.58. The molecule has 0 atom stereocenters. The van der Waals surface area contributed by atoms with Crippen LogP contribution < -0.4 is 0 Å². The number of hydrogen-bond donors (Lipinski definition) is 1. The Kier molecular flexibility index (Phi) is 5.73. The predicted octanol–water partition coefficient (Wildman–Crippen LogP) is 1.42. The standard InChI is InChI=1S/C13H28N2O/c1-13(2,3)5-7-15-10-8-14(9-11-15)6-4-12-16/h16H,4-12H2,1-3H3. The molecule has 0 aliphatic carbocycles. The zero-order chi connectivity index (χ0) is 12.0. The van der Waals surface area contributed by atoms with Gasteiger partial charge in [0.15, 0.2) is 0 Å². The molecule has 1 saturated heterocycles. The van der Waals surface area contributed by atoms with E-state index in [1.165, 1.54) is 39.1 Å². The topological polar surface area (TPSA) is 26.7 Å². The van der Waals surface area contributed by atoms with Gasteiger partial charge in [0.1, 0.15) is 0 Å². The molecule has 3 nitrogen and oxygen atoms in total. The van der Waals surface area contributed by atoms with E-state index in [-0.39, 0.29) is 0 Å². The van der Waals surface area contributed by atoms with Gasteiger partial charge < -0.3 is 14.9 Å². The van der Waals surface area contributed by atoms with Crippen molar-refractivity contribution in [1.82, 2.24) is 9.80 Å². The lowest BCUT2D eigenvalue weighted by molar-refractivity contribution is 0.115. The summed E-state index contributed by atoms with van der Waals surface area (Å²) in [6, 6.07) is 0. The van der Waals surface area contributed by atoms with Crippen LogP contribution >= 0.6 is 0 Å². The Labute approximate surface area is 100 Å². The molecule has 0 aromatic rings. The lowest BCUT2D eigenvalue weighted by Crippen LogP contribution is -2.47. The first kappa shape index (κ1) is 13.9. The number of piperazine rings is 1. The van der Waals surface area contributed by atoms with Gasteiger partial charge in [-0.2, -0.15) is 0 Å². The van der Waals surface area contributed by atoms with E-state index in [1.54, 1.807) is 0 Å². The van der Waals surface area contributed by atoms with Gasteiger partial charge in [0, 0.05) is 39.3 Å². The van der Waals surface area contributed by atoms with E-state index in [1.807, 2.05) is 0 Å². The summed E-state index contributed by atoms with van der Waals surface area (Å²) in [5.41, 5.74) is 0.452. The Bertz CT molecular complexity index is 181. The zero-order valence-corrected chi connectivity index (χ0v) is 11.2. The lowest BCUT2D eigenvalue weighted by atomic mass is 9.92. The van der Waals surface area contributed by atoms with Gasteiger partial charge in [-0.25, -0.2) is 0 Å². The number of rotatable bonds is 5. The summed E-state index contributed by atoms with van der Waals surface area (Å²) in [6.07, 6.45) is 2.20. The van der Waals surface area contributed by atoms with Crippen LogP contribution in [0.3, 0.4) is 0 Å². The molecule has 1 aliphatic heterocycles. The summed E-state index contributed by atoms with van der Waals surface area (Å²) in [7, 11) is 0. The third kappa shape index (κ3) is 5.83. The first-order valence-corrected chi connectivity index (χ1v) is 6.57. The van der Waals surface area contributed by atoms with E-state index in [2.05, 4.69) is 30.6 Å². The van der Waals surface area contributed by atoms with Crippen molar-refractivity contribution < 1.29 is 5.11 Å². The first-order chi connectivity index (χ1) is 7.51. The second-order valence-corrected chi connectivity index (χ2v) is 6.07. The van der Waals surface area contributed by atoms with Crippen LogP contribution in [0.4, 0.5) is 0 Å². The molecule has 0 unspecified atom stereocenters. The zero-order valence-electron chi connectivity index (χ0n) is 11.2. The van der Waals surface area contributed by atoms with Crippen molar-refractivity contribution in [3.05, 3.63) is 0 Å². The van der Waals surface area contributed by atoms with Gasteiger partial charge in [0.05, 0.1) is 0 Å². The molecule has 1 rings (SSSR count).